The third kappa shape index (κ3) is 3.11. The van der Waals surface area contributed by atoms with Gasteiger partial charge in [0.1, 0.15) is 5.66 Å². The third-order valence-electron chi connectivity index (χ3n) is 5.39. The van der Waals surface area contributed by atoms with Crippen molar-refractivity contribution in [3.05, 3.63) is 47.9 Å². The Morgan fingerprint density at radius 2 is 1.96 bits per heavy atom. The van der Waals surface area contributed by atoms with Gasteiger partial charge in [-0.15, -0.1) is 0 Å². The van der Waals surface area contributed by atoms with E-state index in [4.69, 9.17) is 20.9 Å². The van der Waals surface area contributed by atoms with Crippen molar-refractivity contribution >= 4 is 29.2 Å². The first-order chi connectivity index (χ1) is 13.5. The van der Waals surface area contributed by atoms with Crippen LogP contribution in [0.15, 0.2) is 51.0 Å². The van der Waals surface area contributed by atoms with Crippen molar-refractivity contribution in [2.24, 2.45) is 21.5 Å². The molecular formula is C20H24N6O2. The van der Waals surface area contributed by atoms with Crippen LogP contribution in [0.5, 0.6) is 0 Å². The van der Waals surface area contributed by atoms with Gasteiger partial charge in [0.15, 0.2) is 5.76 Å². The van der Waals surface area contributed by atoms with Crippen molar-refractivity contribution in [1.29, 1.82) is 0 Å². The first-order valence-electron chi connectivity index (χ1n) is 9.44. The lowest BCUT2D eigenvalue weighted by Gasteiger charge is -2.46. The average Bonchev–Trinajstić information content (AvgIpc) is 3.19. The molecule has 5 N–H and O–H groups in total. The number of nitrogens with one attached hydrogen (secondary N) is 1. The summed E-state index contributed by atoms with van der Waals surface area (Å²) in [7, 11) is 0. The SMILES string of the molecule is Cc1c(NC(=O)c2ccco2)cccc1N1C(N)=NC(N)=NC12CCCCC2. The summed E-state index contributed by atoms with van der Waals surface area (Å²) >= 11 is 0. The Bertz CT molecular complexity index is 942. The van der Waals surface area contributed by atoms with Gasteiger partial charge in [0.25, 0.3) is 5.91 Å². The standard InChI is InChI=1S/C20H24N6O2/c1-13-14(23-17(27)16-9-6-12-28-16)7-5-8-15(13)26-19(22)24-18(21)25-20(26)10-3-2-4-11-20/h5-9,12H,2-4,10-11H2,1H3,(H,23,27)(H4,21,22,24,25). The molecule has 2 heterocycles. The van der Waals surface area contributed by atoms with Gasteiger partial charge in [0.2, 0.25) is 11.9 Å². The van der Waals surface area contributed by atoms with Crippen LogP contribution in [0.3, 0.4) is 0 Å². The molecule has 2 aliphatic rings. The summed E-state index contributed by atoms with van der Waals surface area (Å²) in [5.41, 5.74) is 14.2. The summed E-state index contributed by atoms with van der Waals surface area (Å²) in [6, 6.07) is 9.00. The quantitative estimate of drug-likeness (QED) is 0.755. The molecule has 1 saturated carbocycles. The lowest BCUT2D eigenvalue weighted by molar-refractivity contribution is 0.0996. The molecular weight excluding hydrogens is 356 g/mol. The monoisotopic (exact) mass is 380 g/mol. The zero-order valence-electron chi connectivity index (χ0n) is 15.8. The van der Waals surface area contributed by atoms with Crippen LogP contribution in [0.4, 0.5) is 11.4 Å². The first kappa shape index (κ1) is 18.1. The maximum Gasteiger partial charge on any atom is 0.291 e. The van der Waals surface area contributed by atoms with Gasteiger partial charge < -0.3 is 21.2 Å². The predicted molar refractivity (Wildman–Crippen MR) is 109 cm³/mol. The average molecular weight is 380 g/mol. The van der Waals surface area contributed by atoms with Crippen molar-refractivity contribution in [1.82, 2.24) is 0 Å². The molecule has 0 bridgehead atoms. The Balaban J connectivity index is 1.72. The Kier molecular flexibility index (Phi) is 4.54. The fourth-order valence-electron chi connectivity index (χ4n) is 4.06. The van der Waals surface area contributed by atoms with Crippen LogP contribution in [0.25, 0.3) is 0 Å². The number of hydrogen-bond acceptors (Lipinski definition) is 7. The van der Waals surface area contributed by atoms with Gasteiger partial charge in [0, 0.05) is 5.69 Å². The lowest BCUT2D eigenvalue weighted by Crippen LogP contribution is -2.58. The molecule has 1 amide bonds. The second-order valence-electron chi connectivity index (χ2n) is 7.20. The van der Waals surface area contributed by atoms with Crippen LogP contribution in [0.2, 0.25) is 0 Å². The van der Waals surface area contributed by atoms with E-state index in [2.05, 4.69) is 10.3 Å². The fraction of sp³-hybridized carbons (Fsp3) is 0.350. The summed E-state index contributed by atoms with van der Waals surface area (Å²) in [6.45, 7) is 1.94. The smallest absolute Gasteiger partial charge is 0.291 e. The molecule has 1 aliphatic heterocycles. The molecule has 28 heavy (non-hydrogen) atoms. The Morgan fingerprint density at radius 1 is 1.18 bits per heavy atom. The fourth-order valence-corrected chi connectivity index (χ4v) is 4.06. The van der Waals surface area contributed by atoms with Gasteiger partial charge in [-0.25, -0.2) is 4.99 Å². The van der Waals surface area contributed by atoms with Gasteiger partial charge in [-0.3, -0.25) is 9.69 Å². The number of carbonyl (C=O) groups is 1. The molecule has 0 atom stereocenters. The molecule has 4 rings (SSSR count). The first-order valence-corrected chi connectivity index (χ1v) is 9.44. The van der Waals surface area contributed by atoms with E-state index in [-0.39, 0.29) is 17.6 Å². The number of amides is 1. The minimum atomic E-state index is -0.525. The molecule has 8 heteroatoms. The van der Waals surface area contributed by atoms with E-state index in [1.165, 1.54) is 12.7 Å². The number of anilines is 2. The van der Waals surface area contributed by atoms with E-state index in [1.54, 1.807) is 12.1 Å². The Morgan fingerprint density at radius 3 is 2.68 bits per heavy atom. The highest BCUT2D eigenvalue weighted by atomic mass is 16.3. The van der Waals surface area contributed by atoms with E-state index in [1.807, 2.05) is 30.0 Å². The number of guanidine groups is 2. The van der Waals surface area contributed by atoms with Crippen LogP contribution in [0, 0.1) is 6.92 Å². The normalized spacial score (nSPS) is 18.5. The van der Waals surface area contributed by atoms with E-state index >= 15 is 0 Å². The second kappa shape index (κ2) is 7.03. The summed E-state index contributed by atoms with van der Waals surface area (Å²) in [6.07, 6.45) is 6.44. The number of hydrogen-bond donors (Lipinski definition) is 3. The maximum atomic E-state index is 12.4. The van der Waals surface area contributed by atoms with Gasteiger partial charge in [-0.05, 0) is 62.4 Å². The van der Waals surface area contributed by atoms with E-state index < -0.39 is 5.66 Å². The van der Waals surface area contributed by atoms with Gasteiger partial charge in [-0.2, -0.15) is 4.99 Å². The Labute approximate surface area is 163 Å². The number of nitrogens with zero attached hydrogens (tertiary/aromatic N) is 3. The molecule has 1 aromatic carbocycles. The van der Waals surface area contributed by atoms with Crippen LogP contribution in [-0.4, -0.2) is 23.5 Å². The Hall–Kier alpha value is -3.29. The molecule has 2 aromatic rings. The van der Waals surface area contributed by atoms with Crippen molar-refractivity contribution in [3.63, 3.8) is 0 Å². The molecule has 1 fully saturated rings. The van der Waals surface area contributed by atoms with Crippen LogP contribution in [-0.2, 0) is 0 Å². The third-order valence-corrected chi connectivity index (χ3v) is 5.39. The van der Waals surface area contributed by atoms with Gasteiger partial charge >= 0.3 is 0 Å². The van der Waals surface area contributed by atoms with E-state index in [9.17, 15) is 4.79 Å². The summed E-state index contributed by atoms with van der Waals surface area (Å²) in [5, 5.41) is 2.91. The molecule has 0 unspecified atom stereocenters. The zero-order valence-corrected chi connectivity index (χ0v) is 15.8. The molecule has 1 spiro atoms. The highest BCUT2D eigenvalue weighted by molar-refractivity contribution is 6.07. The van der Waals surface area contributed by atoms with Gasteiger partial charge in [0.05, 0.1) is 12.0 Å². The van der Waals surface area contributed by atoms with Crippen LogP contribution < -0.4 is 21.7 Å². The maximum absolute atomic E-state index is 12.4. The molecule has 0 radical (unpaired) electrons. The summed E-state index contributed by atoms with van der Waals surface area (Å²) in [4.78, 5) is 23.3. The van der Waals surface area contributed by atoms with Crippen molar-refractivity contribution in [2.75, 3.05) is 10.2 Å². The summed E-state index contributed by atoms with van der Waals surface area (Å²) in [5.74, 6) is 0.493. The number of furan rings is 1. The van der Waals surface area contributed by atoms with Gasteiger partial charge in [-0.1, -0.05) is 12.5 Å². The molecule has 0 saturated heterocycles. The van der Waals surface area contributed by atoms with E-state index in [0.717, 1.165) is 36.9 Å². The molecule has 8 nitrogen and oxygen atoms in total. The highest BCUT2D eigenvalue weighted by Gasteiger charge is 2.43. The zero-order chi connectivity index (χ0) is 19.7. The summed E-state index contributed by atoms with van der Waals surface area (Å²) < 4.78 is 5.18. The largest absolute Gasteiger partial charge is 0.459 e. The molecule has 1 aromatic heterocycles. The number of benzene rings is 1. The topological polar surface area (TPSA) is 122 Å². The van der Waals surface area contributed by atoms with Crippen LogP contribution in [0.1, 0.15) is 48.2 Å². The second-order valence-corrected chi connectivity index (χ2v) is 7.20. The highest BCUT2D eigenvalue weighted by Crippen LogP contribution is 2.41. The molecule has 1 aliphatic carbocycles. The lowest BCUT2D eigenvalue weighted by atomic mass is 9.87. The number of nitrogens with two attached hydrogens (primary N) is 2. The van der Waals surface area contributed by atoms with Crippen molar-refractivity contribution in [2.45, 2.75) is 44.7 Å². The van der Waals surface area contributed by atoms with Crippen molar-refractivity contribution in [3.8, 4) is 0 Å². The van der Waals surface area contributed by atoms with Crippen LogP contribution >= 0.6 is 0 Å². The number of carbonyl (C=O) groups excluding carboxylic acids is 1. The van der Waals surface area contributed by atoms with E-state index in [0.29, 0.717) is 11.6 Å². The number of rotatable bonds is 3. The minimum absolute atomic E-state index is 0.218. The molecule has 146 valence electrons. The minimum Gasteiger partial charge on any atom is -0.459 e. The van der Waals surface area contributed by atoms with Crippen molar-refractivity contribution < 1.29 is 9.21 Å². The number of aliphatic imine (C=N–C) groups is 2. The predicted octanol–water partition coefficient (Wildman–Crippen LogP) is 2.95.